The molecule has 2 nitrogen and oxygen atoms in total. The molecule has 0 radical (unpaired) electrons. The number of aliphatic hydroxyl groups is 1. The highest BCUT2D eigenvalue weighted by atomic mass is 16.3. The molecule has 0 amide bonds. The van der Waals surface area contributed by atoms with Crippen LogP contribution in [0.3, 0.4) is 0 Å². The molecule has 1 rings (SSSR count). The fraction of sp³-hybridized carbons (Fsp3) is 1.00. The zero-order valence-electron chi connectivity index (χ0n) is 7.51. The van der Waals surface area contributed by atoms with E-state index in [1.807, 2.05) is 13.8 Å². The molecular weight excluding hydrogens is 138 g/mol. The van der Waals surface area contributed by atoms with Gasteiger partial charge < -0.3 is 10.8 Å². The summed E-state index contributed by atoms with van der Waals surface area (Å²) >= 11 is 0. The molecule has 0 spiro atoms. The van der Waals surface area contributed by atoms with Gasteiger partial charge in [-0.15, -0.1) is 0 Å². The summed E-state index contributed by atoms with van der Waals surface area (Å²) in [6, 6.07) is 0. The Balaban J connectivity index is 2.35. The van der Waals surface area contributed by atoms with Crippen molar-refractivity contribution < 1.29 is 5.11 Å². The molecular formula is C9H19NO. The average molecular weight is 157 g/mol. The molecule has 0 heterocycles. The molecule has 2 atom stereocenters. The summed E-state index contributed by atoms with van der Waals surface area (Å²) in [7, 11) is 0. The molecule has 0 aromatic rings. The minimum atomic E-state index is -0.532. The van der Waals surface area contributed by atoms with Crippen molar-refractivity contribution in [2.24, 2.45) is 17.6 Å². The SMILES string of the molecule is CC(CN)C(C)(O)CC1CC1. The molecule has 0 aromatic heterocycles. The first kappa shape index (κ1) is 9.01. The zero-order valence-corrected chi connectivity index (χ0v) is 7.51. The van der Waals surface area contributed by atoms with Crippen LogP contribution >= 0.6 is 0 Å². The van der Waals surface area contributed by atoms with E-state index in [1.165, 1.54) is 12.8 Å². The van der Waals surface area contributed by atoms with Crippen molar-refractivity contribution in [2.45, 2.75) is 38.7 Å². The van der Waals surface area contributed by atoms with E-state index < -0.39 is 5.60 Å². The predicted molar refractivity (Wildman–Crippen MR) is 46.2 cm³/mol. The highest BCUT2D eigenvalue weighted by Gasteiger charge is 2.34. The molecule has 0 bridgehead atoms. The average Bonchev–Trinajstić information content (AvgIpc) is 2.69. The van der Waals surface area contributed by atoms with Crippen molar-refractivity contribution in [1.82, 2.24) is 0 Å². The Hall–Kier alpha value is -0.0800. The molecule has 0 aromatic carbocycles. The van der Waals surface area contributed by atoms with Crippen molar-refractivity contribution >= 4 is 0 Å². The van der Waals surface area contributed by atoms with Gasteiger partial charge in [-0.25, -0.2) is 0 Å². The van der Waals surface area contributed by atoms with Gasteiger partial charge >= 0.3 is 0 Å². The molecule has 2 unspecified atom stereocenters. The van der Waals surface area contributed by atoms with Crippen LogP contribution in [0, 0.1) is 11.8 Å². The molecule has 0 aliphatic heterocycles. The summed E-state index contributed by atoms with van der Waals surface area (Å²) in [4.78, 5) is 0. The monoisotopic (exact) mass is 157 g/mol. The second kappa shape index (κ2) is 3.11. The summed E-state index contributed by atoms with van der Waals surface area (Å²) in [5.74, 6) is 1.00. The number of hydrogen-bond donors (Lipinski definition) is 2. The first-order valence-corrected chi connectivity index (χ1v) is 4.48. The van der Waals surface area contributed by atoms with Gasteiger partial charge in [0.05, 0.1) is 5.60 Å². The highest BCUT2D eigenvalue weighted by molar-refractivity contribution is 4.87. The predicted octanol–water partition coefficient (Wildman–Crippen LogP) is 1.13. The summed E-state index contributed by atoms with van der Waals surface area (Å²) in [6.07, 6.45) is 3.53. The van der Waals surface area contributed by atoms with Gasteiger partial charge in [0.1, 0.15) is 0 Å². The van der Waals surface area contributed by atoms with E-state index in [1.54, 1.807) is 0 Å². The van der Waals surface area contributed by atoms with Gasteiger partial charge in [0.25, 0.3) is 0 Å². The van der Waals surface area contributed by atoms with Crippen LogP contribution in [0.15, 0.2) is 0 Å². The van der Waals surface area contributed by atoms with Gasteiger partial charge in [-0.2, -0.15) is 0 Å². The van der Waals surface area contributed by atoms with E-state index in [4.69, 9.17) is 5.73 Å². The van der Waals surface area contributed by atoms with E-state index in [2.05, 4.69) is 0 Å². The quantitative estimate of drug-likeness (QED) is 0.642. The van der Waals surface area contributed by atoms with Crippen LogP contribution in [0.5, 0.6) is 0 Å². The summed E-state index contributed by atoms with van der Waals surface area (Å²) in [5.41, 5.74) is 4.96. The third kappa shape index (κ3) is 2.46. The Morgan fingerprint density at radius 1 is 1.64 bits per heavy atom. The fourth-order valence-electron chi connectivity index (χ4n) is 1.36. The second-order valence-corrected chi connectivity index (χ2v) is 4.14. The molecule has 0 saturated heterocycles. The first-order chi connectivity index (χ1) is 5.06. The molecule has 3 N–H and O–H groups in total. The Morgan fingerprint density at radius 2 is 2.18 bits per heavy atom. The van der Waals surface area contributed by atoms with E-state index in [0.717, 1.165) is 12.3 Å². The van der Waals surface area contributed by atoms with Crippen LogP contribution in [0.4, 0.5) is 0 Å². The molecule has 1 aliphatic rings. The van der Waals surface area contributed by atoms with Crippen molar-refractivity contribution in [3.8, 4) is 0 Å². The van der Waals surface area contributed by atoms with Gasteiger partial charge in [0.2, 0.25) is 0 Å². The standard InChI is InChI=1S/C9H19NO/c1-7(6-10)9(2,11)5-8-3-4-8/h7-8,11H,3-6,10H2,1-2H3. The van der Waals surface area contributed by atoms with Crippen LogP contribution in [-0.4, -0.2) is 17.3 Å². The minimum Gasteiger partial charge on any atom is -0.390 e. The maximum Gasteiger partial charge on any atom is 0.0659 e. The Morgan fingerprint density at radius 3 is 2.55 bits per heavy atom. The maximum absolute atomic E-state index is 9.91. The van der Waals surface area contributed by atoms with Crippen LogP contribution in [-0.2, 0) is 0 Å². The largest absolute Gasteiger partial charge is 0.390 e. The van der Waals surface area contributed by atoms with Gasteiger partial charge in [-0.3, -0.25) is 0 Å². The molecule has 11 heavy (non-hydrogen) atoms. The Kier molecular flexibility index (Phi) is 2.55. The Labute approximate surface area is 68.8 Å². The third-order valence-electron chi connectivity index (χ3n) is 2.81. The summed E-state index contributed by atoms with van der Waals surface area (Å²) in [5, 5.41) is 9.91. The van der Waals surface area contributed by atoms with Gasteiger partial charge in [0, 0.05) is 0 Å². The van der Waals surface area contributed by atoms with Crippen molar-refractivity contribution in [2.75, 3.05) is 6.54 Å². The van der Waals surface area contributed by atoms with Gasteiger partial charge in [0.15, 0.2) is 0 Å². The lowest BCUT2D eigenvalue weighted by Crippen LogP contribution is -2.37. The van der Waals surface area contributed by atoms with Crippen molar-refractivity contribution in [3.05, 3.63) is 0 Å². The lowest BCUT2D eigenvalue weighted by atomic mass is 9.86. The molecule has 1 saturated carbocycles. The van der Waals surface area contributed by atoms with E-state index in [9.17, 15) is 5.11 Å². The van der Waals surface area contributed by atoms with Gasteiger partial charge in [-0.05, 0) is 31.7 Å². The van der Waals surface area contributed by atoms with Crippen LogP contribution in [0.1, 0.15) is 33.1 Å². The zero-order chi connectivity index (χ0) is 8.48. The Bertz CT molecular complexity index is 130. The van der Waals surface area contributed by atoms with Crippen LogP contribution < -0.4 is 5.73 Å². The van der Waals surface area contributed by atoms with Crippen molar-refractivity contribution in [3.63, 3.8) is 0 Å². The molecule has 1 fully saturated rings. The summed E-state index contributed by atoms with van der Waals surface area (Å²) < 4.78 is 0. The number of nitrogens with two attached hydrogens (primary N) is 1. The smallest absolute Gasteiger partial charge is 0.0659 e. The highest BCUT2D eigenvalue weighted by Crippen LogP contribution is 2.38. The minimum absolute atomic E-state index is 0.225. The molecule has 66 valence electrons. The fourth-order valence-corrected chi connectivity index (χ4v) is 1.36. The molecule has 1 aliphatic carbocycles. The van der Waals surface area contributed by atoms with Gasteiger partial charge in [-0.1, -0.05) is 19.8 Å². The summed E-state index contributed by atoms with van der Waals surface area (Å²) in [6.45, 7) is 4.50. The number of hydrogen-bond acceptors (Lipinski definition) is 2. The van der Waals surface area contributed by atoms with Crippen LogP contribution in [0.25, 0.3) is 0 Å². The number of rotatable bonds is 4. The third-order valence-corrected chi connectivity index (χ3v) is 2.81. The maximum atomic E-state index is 9.91. The van der Waals surface area contributed by atoms with Crippen molar-refractivity contribution in [1.29, 1.82) is 0 Å². The van der Waals surface area contributed by atoms with E-state index in [0.29, 0.717) is 6.54 Å². The van der Waals surface area contributed by atoms with E-state index >= 15 is 0 Å². The lowest BCUT2D eigenvalue weighted by molar-refractivity contribution is -0.00321. The lowest BCUT2D eigenvalue weighted by Gasteiger charge is -2.29. The molecule has 2 heteroatoms. The normalized spacial score (nSPS) is 26.2. The second-order valence-electron chi connectivity index (χ2n) is 4.14. The van der Waals surface area contributed by atoms with E-state index in [-0.39, 0.29) is 5.92 Å². The first-order valence-electron chi connectivity index (χ1n) is 4.48. The topological polar surface area (TPSA) is 46.2 Å². The van der Waals surface area contributed by atoms with Crippen LogP contribution in [0.2, 0.25) is 0 Å².